The zero-order valence-electron chi connectivity index (χ0n) is 11.1. The van der Waals surface area contributed by atoms with Gasteiger partial charge in [0.1, 0.15) is 0 Å². The summed E-state index contributed by atoms with van der Waals surface area (Å²) < 4.78 is 0. The second-order valence-electron chi connectivity index (χ2n) is 5.45. The summed E-state index contributed by atoms with van der Waals surface area (Å²) in [4.78, 5) is 5.83. The van der Waals surface area contributed by atoms with Gasteiger partial charge in [-0.1, -0.05) is 34.1 Å². The van der Waals surface area contributed by atoms with Gasteiger partial charge in [0.05, 0.1) is 5.01 Å². The van der Waals surface area contributed by atoms with Gasteiger partial charge in [-0.3, -0.25) is 0 Å². The van der Waals surface area contributed by atoms with E-state index in [2.05, 4.69) is 44.9 Å². The van der Waals surface area contributed by atoms with Gasteiger partial charge < -0.3 is 5.32 Å². The molecule has 16 heavy (non-hydrogen) atoms. The molecule has 0 aliphatic heterocycles. The third kappa shape index (κ3) is 4.22. The van der Waals surface area contributed by atoms with Crippen LogP contribution in [0, 0.1) is 0 Å². The highest BCUT2D eigenvalue weighted by Gasteiger charge is 2.17. The Morgan fingerprint density at radius 2 is 2.12 bits per heavy atom. The minimum Gasteiger partial charge on any atom is -0.309 e. The molecular weight excluding hydrogens is 216 g/mol. The second kappa shape index (κ2) is 5.78. The number of aromatic nitrogens is 1. The van der Waals surface area contributed by atoms with Crippen molar-refractivity contribution in [2.75, 3.05) is 0 Å². The van der Waals surface area contributed by atoms with Gasteiger partial charge in [-0.05, 0) is 13.3 Å². The zero-order chi connectivity index (χ0) is 12.2. The maximum absolute atomic E-state index is 4.49. The average molecular weight is 240 g/mol. The highest BCUT2D eigenvalue weighted by atomic mass is 32.1. The molecule has 0 aliphatic carbocycles. The van der Waals surface area contributed by atoms with Gasteiger partial charge in [0, 0.05) is 29.1 Å². The van der Waals surface area contributed by atoms with Crippen molar-refractivity contribution < 1.29 is 0 Å². The van der Waals surface area contributed by atoms with Crippen LogP contribution in [0.1, 0.15) is 57.3 Å². The van der Waals surface area contributed by atoms with Crippen LogP contribution >= 0.6 is 11.3 Å². The molecule has 0 saturated heterocycles. The van der Waals surface area contributed by atoms with E-state index in [4.69, 9.17) is 0 Å². The lowest BCUT2D eigenvalue weighted by Gasteiger charge is -2.14. The molecular formula is C13H24N2S. The summed E-state index contributed by atoms with van der Waals surface area (Å²) >= 11 is 1.83. The summed E-state index contributed by atoms with van der Waals surface area (Å²) in [6.07, 6.45) is 4.49. The lowest BCUT2D eigenvalue weighted by atomic mass is 9.98. The number of nitrogens with zero attached hydrogens (tertiary/aromatic N) is 1. The predicted octanol–water partition coefficient (Wildman–Crippen LogP) is 3.72. The van der Waals surface area contributed by atoms with E-state index in [1.807, 2.05) is 17.5 Å². The summed E-state index contributed by atoms with van der Waals surface area (Å²) in [5.74, 6) is 0. The molecule has 1 aromatic rings. The highest BCUT2D eigenvalue weighted by molar-refractivity contribution is 7.11. The van der Waals surface area contributed by atoms with Crippen molar-refractivity contribution in [3.63, 3.8) is 0 Å². The van der Waals surface area contributed by atoms with E-state index >= 15 is 0 Å². The Kier molecular flexibility index (Phi) is 4.93. The van der Waals surface area contributed by atoms with Crippen LogP contribution in [0.25, 0.3) is 0 Å². The lowest BCUT2D eigenvalue weighted by Crippen LogP contribution is -2.24. The van der Waals surface area contributed by atoms with Gasteiger partial charge >= 0.3 is 0 Å². The maximum Gasteiger partial charge on any atom is 0.0981 e. The molecule has 1 aromatic heterocycles. The van der Waals surface area contributed by atoms with E-state index in [0.29, 0.717) is 6.04 Å². The molecule has 1 heterocycles. The standard InChI is InChI=1S/C13H24N2S/c1-6-7-10(2)14-8-11-9-15-12(16-11)13(3,4)5/h9-10,14H,6-8H2,1-5H3. The Bertz CT molecular complexity index is 312. The van der Waals surface area contributed by atoms with Crippen LogP contribution in [0.2, 0.25) is 0 Å². The summed E-state index contributed by atoms with van der Waals surface area (Å²) in [5.41, 5.74) is 0.179. The van der Waals surface area contributed by atoms with E-state index in [1.54, 1.807) is 0 Å². The fourth-order valence-corrected chi connectivity index (χ4v) is 2.47. The van der Waals surface area contributed by atoms with Crippen molar-refractivity contribution in [2.45, 2.75) is 65.5 Å². The highest BCUT2D eigenvalue weighted by Crippen LogP contribution is 2.26. The number of nitrogens with one attached hydrogen (secondary N) is 1. The molecule has 0 amide bonds. The van der Waals surface area contributed by atoms with Crippen molar-refractivity contribution in [2.24, 2.45) is 0 Å². The van der Waals surface area contributed by atoms with Crippen molar-refractivity contribution in [3.8, 4) is 0 Å². The molecule has 0 bridgehead atoms. The van der Waals surface area contributed by atoms with Gasteiger partial charge in [0.2, 0.25) is 0 Å². The first-order chi connectivity index (χ1) is 7.43. The average Bonchev–Trinajstić information content (AvgIpc) is 2.63. The van der Waals surface area contributed by atoms with Crippen LogP contribution in [-0.2, 0) is 12.0 Å². The molecule has 0 spiro atoms. The van der Waals surface area contributed by atoms with Crippen LogP contribution < -0.4 is 5.32 Å². The first-order valence-corrected chi connectivity index (χ1v) is 6.93. The molecule has 0 saturated carbocycles. The predicted molar refractivity (Wildman–Crippen MR) is 72.0 cm³/mol. The fraction of sp³-hybridized carbons (Fsp3) is 0.769. The first-order valence-electron chi connectivity index (χ1n) is 6.12. The SMILES string of the molecule is CCCC(C)NCc1cnc(C(C)(C)C)s1. The minimum absolute atomic E-state index is 0.179. The molecule has 1 rings (SSSR count). The van der Waals surface area contributed by atoms with Crippen molar-refractivity contribution in [1.82, 2.24) is 10.3 Å². The van der Waals surface area contributed by atoms with Gasteiger partial charge in [-0.2, -0.15) is 0 Å². The number of hydrogen-bond donors (Lipinski definition) is 1. The van der Waals surface area contributed by atoms with E-state index in [0.717, 1.165) is 6.54 Å². The Morgan fingerprint density at radius 3 is 2.62 bits per heavy atom. The van der Waals surface area contributed by atoms with Gasteiger partial charge in [-0.15, -0.1) is 11.3 Å². The maximum atomic E-state index is 4.49. The number of hydrogen-bond acceptors (Lipinski definition) is 3. The quantitative estimate of drug-likeness (QED) is 0.848. The second-order valence-corrected chi connectivity index (χ2v) is 6.57. The van der Waals surface area contributed by atoms with E-state index in [-0.39, 0.29) is 5.41 Å². The van der Waals surface area contributed by atoms with Crippen LogP contribution in [0.3, 0.4) is 0 Å². The summed E-state index contributed by atoms with van der Waals surface area (Å²) in [7, 11) is 0. The fourth-order valence-electron chi connectivity index (χ4n) is 1.55. The van der Waals surface area contributed by atoms with Crippen LogP contribution in [0.5, 0.6) is 0 Å². The summed E-state index contributed by atoms with van der Waals surface area (Å²) in [6.45, 7) is 12.1. The van der Waals surface area contributed by atoms with Crippen molar-refractivity contribution in [1.29, 1.82) is 0 Å². The molecule has 0 aromatic carbocycles. The Hall–Kier alpha value is -0.410. The molecule has 1 atom stereocenters. The molecule has 0 fully saturated rings. The van der Waals surface area contributed by atoms with Gasteiger partial charge in [0.15, 0.2) is 0 Å². The van der Waals surface area contributed by atoms with Crippen LogP contribution in [-0.4, -0.2) is 11.0 Å². The van der Waals surface area contributed by atoms with E-state index in [1.165, 1.54) is 22.7 Å². The number of thiazole rings is 1. The van der Waals surface area contributed by atoms with E-state index in [9.17, 15) is 0 Å². The Labute approximate surface area is 103 Å². The molecule has 1 unspecified atom stereocenters. The molecule has 92 valence electrons. The third-order valence-electron chi connectivity index (χ3n) is 2.54. The van der Waals surface area contributed by atoms with Gasteiger partial charge in [0.25, 0.3) is 0 Å². The molecule has 2 nitrogen and oxygen atoms in total. The Balaban J connectivity index is 2.47. The smallest absolute Gasteiger partial charge is 0.0981 e. The monoisotopic (exact) mass is 240 g/mol. The normalized spacial score (nSPS) is 14.1. The van der Waals surface area contributed by atoms with Crippen LogP contribution in [0.15, 0.2) is 6.20 Å². The van der Waals surface area contributed by atoms with Gasteiger partial charge in [-0.25, -0.2) is 4.98 Å². The molecule has 1 N–H and O–H groups in total. The van der Waals surface area contributed by atoms with Crippen molar-refractivity contribution >= 4 is 11.3 Å². The zero-order valence-corrected chi connectivity index (χ0v) is 11.9. The first kappa shape index (κ1) is 13.7. The molecule has 0 aliphatic rings. The summed E-state index contributed by atoms with van der Waals surface area (Å²) in [5, 5.41) is 4.76. The minimum atomic E-state index is 0.179. The largest absolute Gasteiger partial charge is 0.309 e. The summed E-state index contributed by atoms with van der Waals surface area (Å²) in [6, 6.07) is 0.602. The molecule has 0 radical (unpaired) electrons. The lowest BCUT2D eigenvalue weighted by molar-refractivity contribution is 0.511. The molecule has 3 heteroatoms. The third-order valence-corrected chi connectivity index (χ3v) is 3.96. The van der Waals surface area contributed by atoms with E-state index < -0.39 is 0 Å². The number of rotatable bonds is 5. The Morgan fingerprint density at radius 1 is 1.44 bits per heavy atom. The topological polar surface area (TPSA) is 24.9 Å². The van der Waals surface area contributed by atoms with Crippen LogP contribution in [0.4, 0.5) is 0 Å². The van der Waals surface area contributed by atoms with Crippen molar-refractivity contribution in [3.05, 3.63) is 16.1 Å².